The van der Waals surface area contributed by atoms with Gasteiger partial charge in [0.1, 0.15) is 17.3 Å². The maximum Gasteiger partial charge on any atom is 0.353 e. The van der Waals surface area contributed by atoms with Crippen LogP contribution in [0.15, 0.2) is 48.8 Å². The predicted molar refractivity (Wildman–Crippen MR) is 82.7 cm³/mol. The minimum atomic E-state index is -1.05. The maximum absolute atomic E-state index is 13.1. The second-order valence-corrected chi connectivity index (χ2v) is 5.11. The van der Waals surface area contributed by atoms with Crippen molar-refractivity contribution in [2.24, 2.45) is 0 Å². The van der Waals surface area contributed by atoms with Gasteiger partial charge in [0, 0.05) is 23.7 Å². The number of benzene rings is 1. The van der Waals surface area contributed by atoms with E-state index in [1.807, 2.05) is 6.92 Å². The van der Waals surface area contributed by atoms with Crippen LogP contribution in [0.3, 0.4) is 0 Å². The molecule has 116 valence electrons. The monoisotopic (exact) mass is 311 g/mol. The maximum atomic E-state index is 13.1. The van der Waals surface area contributed by atoms with E-state index >= 15 is 0 Å². The minimum absolute atomic E-state index is 0.140. The Morgan fingerprint density at radius 1 is 1.22 bits per heavy atom. The van der Waals surface area contributed by atoms with Gasteiger partial charge in [-0.25, -0.2) is 19.2 Å². The van der Waals surface area contributed by atoms with Gasteiger partial charge in [-0.15, -0.1) is 0 Å². The second-order valence-electron chi connectivity index (χ2n) is 5.11. The highest BCUT2D eigenvalue weighted by Crippen LogP contribution is 2.28. The summed E-state index contributed by atoms with van der Waals surface area (Å²) in [4.78, 5) is 20.0. The number of carboxylic acids is 1. The number of aryl methyl sites for hydroxylation is 1. The molecule has 0 aliphatic heterocycles. The van der Waals surface area contributed by atoms with E-state index < -0.39 is 5.97 Å². The Kier molecular flexibility index (Phi) is 3.89. The average molecular weight is 311 g/mol. The molecule has 0 aliphatic rings. The SMILES string of the molecule is Cc1cc(-c2ccc(F)cc2)c(C(=O)O)n1Cc1ncccn1. The van der Waals surface area contributed by atoms with E-state index in [9.17, 15) is 14.3 Å². The summed E-state index contributed by atoms with van der Waals surface area (Å²) < 4.78 is 14.7. The van der Waals surface area contributed by atoms with Gasteiger partial charge in [0.15, 0.2) is 0 Å². The Balaban J connectivity index is 2.10. The lowest BCUT2D eigenvalue weighted by Gasteiger charge is -2.09. The summed E-state index contributed by atoms with van der Waals surface area (Å²) in [5.74, 6) is -0.882. The van der Waals surface area contributed by atoms with Crippen molar-refractivity contribution in [3.05, 3.63) is 71.8 Å². The van der Waals surface area contributed by atoms with Crippen LogP contribution in [0.2, 0.25) is 0 Å². The number of aromatic carboxylic acids is 1. The van der Waals surface area contributed by atoms with E-state index in [1.165, 1.54) is 12.1 Å². The van der Waals surface area contributed by atoms with Crippen molar-refractivity contribution in [3.8, 4) is 11.1 Å². The highest BCUT2D eigenvalue weighted by Gasteiger charge is 2.20. The molecule has 0 amide bonds. The standard InChI is InChI=1S/C17H14FN3O2/c1-11-9-14(12-3-5-13(18)6-4-12)16(17(22)23)21(11)10-15-19-7-2-8-20-15/h2-9H,10H2,1H3,(H,22,23). The smallest absolute Gasteiger partial charge is 0.353 e. The second kappa shape index (κ2) is 6.00. The zero-order valence-electron chi connectivity index (χ0n) is 12.4. The molecule has 0 aliphatic carbocycles. The summed E-state index contributed by atoms with van der Waals surface area (Å²) in [6.45, 7) is 2.08. The number of nitrogens with zero attached hydrogens (tertiary/aromatic N) is 3. The number of carboxylic acid groups (broad SMARTS) is 1. The lowest BCUT2D eigenvalue weighted by atomic mass is 10.1. The van der Waals surface area contributed by atoms with Crippen molar-refractivity contribution in [2.75, 3.05) is 0 Å². The van der Waals surface area contributed by atoms with Crippen molar-refractivity contribution >= 4 is 5.97 Å². The third kappa shape index (κ3) is 2.96. The fraction of sp³-hybridized carbons (Fsp3) is 0.118. The first-order valence-electron chi connectivity index (χ1n) is 7.01. The topological polar surface area (TPSA) is 68.0 Å². The molecule has 0 atom stereocenters. The fourth-order valence-electron chi connectivity index (χ4n) is 2.51. The van der Waals surface area contributed by atoms with Crippen molar-refractivity contribution < 1.29 is 14.3 Å². The largest absolute Gasteiger partial charge is 0.477 e. The number of hydrogen-bond donors (Lipinski definition) is 1. The molecule has 0 unspecified atom stereocenters. The van der Waals surface area contributed by atoms with Gasteiger partial charge in [-0.1, -0.05) is 12.1 Å². The van der Waals surface area contributed by atoms with Crippen molar-refractivity contribution in [1.29, 1.82) is 0 Å². The molecule has 6 heteroatoms. The summed E-state index contributed by atoms with van der Waals surface area (Å²) in [5.41, 5.74) is 2.11. The fourth-order valence-corrected chi connectivity index (χ4v) is 2.51. The van der Waals surface area contributed by atoms with Crippen LogP contribution in [-0.4, -0.2) is 25.6 Å². The van der Waals surface area contributed by atoms with Gasteiger partial charge in [-0.05, 0) is 36.8 Å². The van der Waals surface area contributed by atoms with Crippen LogP contribution in [0, 0.1) is 12.7 Å². The summed E-state index contributed by atoms with van der Waals surface area (Å²) in [7, 11) is 0. The minimum Gasteiger partial charge on any atom is -0.477 e. The van der Waals surface area contributed by atoms with E-state index in [2.05, 4.69) is 9.97 Å². The van der Waals surface area contributed by atoms with Gasteiger partial charge in [0.2, 0.25) is 0 Å². The van der Waals surface area contributed by atoms with E-state index in [4.69, 9.17) is 0 Å². The van der Waals surface area contributed by atoms with Crippen LogP contribution in [-0.2, 0) is 6.54 Å². The highest BCUT2D eigenvalue weighted by atomic mass is 19.1. The van der Waals surface area contributed by atoms with Gasteiger partial charge in [-0.3, -0.25) is 0 Å². The molecule has 1 aromatic carbocycles. The summed E-state index contributed by atoms with van der Waals surface area (Å²) in [6, 6.07) is 9.25. The van der Waals surface area contributed by atoms with Crippen LogP contribution in [0.4, 0.5) is 4.39 Å². The summed E-state index contributed by atoms with van der Waals surface area (Å²) >= 11 is 0. The van der Waals surface area contributed by atoms with Crippen molar-refractivity contribution in [3.63, 3.8) is 0 Å². The summed E-state index contributed by atoms with van der Waals surface area (Å²) in [5, 5.41) is 9.62. The average Bonchev–Trinajstić information content (AvgIpc) is 2.86. The van der Waals surface area contributed by atoms with Crippen LogP contribution < -0.4 is 0 Å². The predicted octanol–water partition coefficient (Wildman–Crippen LogP) is 3.14. The lowest BCUT2D eigenvalue weighted by Crippen LogP contribution is -2.13. The number of aromatic nitrogens is 3. The molecule has 23 heavy (non-hydrogen) atoms. The Hall–Kier alpha value is -3.02. The number of rotatable bonds is 4. The number of hydrogen-bond acceptors (Lipinski definition) is 3. The van der Waals surface area contributed by atoms with Crippen LogP contribution in [0.25, 0.3) is 11.1 Å². The van der Waals surface area contributed by atoms with Gasteiger partial charge in [0.25, 0.3) is 0 Å². The molecule has 0 bridgehead atoms. The molecule has 1 N–H and O–H groups in total. The molecule has 3 aromatic rings. The van der Waals surface area contributed by atoms with Crippen LogP contribution in [0.1, 0.15) is 22.0 Å². The Labute approximate surface area is 132 Å². The molecule has 0 fully saturated rings. The van der Waals surface area contributed by atoms with Crippen molar-refractivity contribution in [2.45, 2.75) is 13.5 Å². The third-order valence-electron chi connectivity index (χ3n) is 3.58. The molecule has 0 saturated carbocycles. The first-order valence-corrected chi connectivity index (χ1v) is 7.01. The van der Waals surface area contributed by atoms with Gasteiger partial charge >= 0.3 is 5.97 Å². The molecular formula is C17H14FN3O2. The van der Waals surface area contributed by atoms with E-state index in [-0.39, 0.29) is 18.1 Å². The van der Waals surface area contributed by atoms with E-state index in [0.29, 0.717) is 17.0 Å². The molecule has 5 nitrogen and oxygen atoms in total. The molecule has 0 saturated heterocycles. The highest BCUT2D eigenvalue weighted by molar-refractivity contribution is 5.95. The van der Waals surface area contributed by atoms with Gasteiger partial charge in [0.05, 0.1) is 6.54 Å². The first kappa shape index (κ1) is 14.9. The molecular weight excluding hydrogens is 297 g/mol. The zero-order chi connectivity index (χ0) is 16.4. The number of halogens is 1. The van der Waals surface area contributed by atoms with E-state index in [1.54, 1.807) is 41.2 Å². The zero-order valence-corrected chi connectivity index (χ0v) is 12.4. The molecule has 3 rings (SSSR count). The van der Waals surface area contributed by atoms with Gasteiger partial charge in [-0.2, -0.15) is 0 Å². The molecule has 0 radical (unpaired) electrons. The normalized spacial score (nSPS) is 10.7. The van der Waals surface area contributed by atoms with E-state index in [0.717, 1.165) is 5.69 Å². The summed E-state index contributed by atoms with van der Waals surface area (Å²) in [6.07, 6.45) is 3.23. The Morgan fingerprint density at radius 3 is 2.48 bits per heavy atom. The number of carbonyl (C=O) groups is 1. The lowest BCUT2D eigenvalue weighted by molar-refractivity contribution is 0.0686. The van der Waals surface area contributed by atoms with Crippen molar-refractivity contribution in [1.82, 2.24) is 14.5 Å². The quantitative estimate of drug-likeness (QED) is 0.803. The Bertz CT molecular complexity index is 842. The third-order valence-corrected chi connectivity index (χ3v) is 3.58. The molecule has 2 aromatic heterocycles. The molecule has 2 heterocycles. The van der Waals surface area contributed by atoms with Gasteiger partial charge < -0.3 is 9.67 Å². The van der Waals surface area contributed by atoms with Crippen LogP contribution in [0.5, 0.6) is 0 Å². The Morgan fingerprint density at radius 2 is 1.87 bits per heavy atom. The molecule has 0 spiro atoms. The van der Waals surface area contributed by atoms with Crippen LogP contribution >= 0.6 is 0 Å². The first-order chi connectivity index (χ1) is 11.1.